The Labute approximate surface area is 189 Å². The van der Waals surface area contributed by atoms with Crippen molar-refractivity contribution in [1.82, 2.24) is 0 Å². The van der Waals surface area contributed by atoms with Crippen LogP contribution in [-0.4, -0.2) is 36.8 Å². The van der Waals surface area contributed by atoms with Crippen LogP contribution in [0, 0.1) is 0 Å². The lowest BCUT2D eigenvalue weighted by molar-refractivity contribution is -0.246. The smallest absolute Gasteiger partial charge is 0.105 e. The van der Waals surface area contributed by atoms with Crippen molar-refractivity contribution in [1.29, 1.82) is 0 Å². The molecule has 0 aromatic carbocycles. The number of rotatable bonds is 24. The molecule has 30 heavy (non-hydrogen) atoms. The lowest BCUT2D eigenvalue weighted by Gasteiger charge is -2.05. The number of aliphatic hydroxyl groups excluding tert-OH is 1. The summed E-state index contributed by atoms with van der Waals surface area (Å²) in [6.07, 6.45) is 28.2. The highest BCUT2D eigenvalue weighted by Crippen LogP contribution is 2.12. The molecule has 0 bridgehead atoms. The number of ether oxygens (including phenoxy) is 1. The summed E-state index contributed by atoms with van der Waals surface area (Å²) in [5.74, 6) is 0. The molecule has 0 unspecified atom stereocenters. The molecule has 4 heteroatoms. The van der Waals surface area contributed by atoms with Crippen molar-refractivity contribution in [3.05, 3.63) is 0 Å². The van der Waals surface area contributed by atoms with Gasteiger partial charge in [-0.3, -0.25) is 5.26 Å². The Balaban J connectivity index is 0. The standard InChI is InChI=1S/C24H50O.C2H6O3/c1-3-5-7-9-11-13-15-17-19-21-23-25-24-22-20-18-16-14-12-10-8-6-4-2;3-1-2-5-4/h3-24H2,1-2H3;3-4H,1-2H2. The summed E-state index contributed by atoms with van der Waals surface area (Å²) in [7, 11) is 0. The Bertz CT molecular complexity index is 237. The molecule has 0 aromatic rings. The summed E-state index contributed by atoms with van der Waals surface area (Å²) in [5, 5.41) is 15.2. The second-order valence-corrected chi connectivity index (χ2v) is 8.53. The molecule has 2 N–H and O–H groups in total. The highest BCUT2D eigenvalue weighted by atomic mass is 17.1. The third-order valence-corrected chi connectivity index (χ3v) is 5.47. The van der Waals surface area contributed by atoms with E-state index in [9.17, 15) is 0 Å². The normalized spacial score (nSPS) is 10.8. The predicted molar refractivity (Wildman–Crippen MR) is 130 cm³/mol. The first-order valence-corrected chi connectivity index (χ1v) is 13.3. The number of hydrogen-bond acceptors (Lipinski definition) is 4. The molecule has 184 valence electrons. The molecule has 0 saturated carbocycles. The van der Waals surface area contributed by atoms with Crippen LogP contribution in [0.5, 0.6) is 0 Å². The van der Waals surface area contributed by atoms with E-state index in [-0.39, 0.29) is 13.2 Å². The van der Waals surface area contributed by atoms with Gasteiger partial charge in [-0.05, 0) is 12.8 Å². The fourth-order valence-corrected chi connectivity index (χ4v) is 3.53. The minimum atomic E-state index is -0.128. The lowest BCUT2D eigenvalue weighted by Crippen LogP contribution is -1.97. The number of hydrogen-bond donors (Lipinski definition) is 2. The fourth-order valence-electron chi connectivity index (χ4n) is 3.53. The van der Waals surface area contributed by atoms with E-state index in [4.69, 9.17) is 15.1 Å². The average Bonchev–Trinajstić information content (AvgIpc) is 2.76. The summed E-state index contributed by atoms with van der Waals surface area (Å²) < 4.78 is 5.78. The Morgan fingerprint density at radius 1 is 0.433 bits per heavy atom. The number of aliphatic hydroxyl groups is 1. The van der Waals surface area contributed by atoms with Crippen molar-refractivity contribution in [2.45, 2.75) is 142 Å². The van der Waals surface area contributed by atoms with Crippen LogP contribution < -0.4 is 0 Å². The van der Waals surface area contributed by atoms with Gasteiger partial charge in [0.25, 0.3) is 0 Å². The monoisotopic (exact) mass is 432 g/mol. The molecule has 0 aliphatic heterocycles. The predicted octanol–water partition coefficient (Wildman–Crippen LogP) is 8.31. The molecule has 0 spiro atoms. The van der Waals surface area contributed by atoms with E-state index < -0.39 is 0 Å². The Morgan fingerprint density at radius 2 is 0.733 bits per heavy atom. The largest absolute Gasteiger partial charge is 0.394 e. The van der Waals surface area contributed by atoms with Crippen LogP contribution in [0.3, 0.4) is 0 Å². The van der Waals surface area contributed by atoms with Gasteiger partial charge in [-0.1, -0.05) is 129 Å². The van der Waals surface area contributed by atoms with Crippen molar-refractivity contribution in [2.24, 2.45) is 0 Å². The molecule has 0 amide bonds. The van der Waals surface area contributed by atoms with E-state index in [1.165, 1.54) is 128 Å². The highest BCUT2D eigenvalue weighted by Gasteiger charge is 1.95. The SMILES string of the molecule is CCCCCCCCCCCCOCCCCCCCCCCCC.OCCOO. The quantitative estimate of drug-likeness (QED) is 0.0914. The van der Waals surface area contributed by atoms with Gasteiger partial charge in [0, 0.05) is 13.2 Å². The third kappa shape index (κ3) is 35.3. The second kappa shape index (κ2) is 33.5. The lowest BCUT2D eigenvalue weighted by atomic mass is 10.1. The van der Waals surface area contributed by atoms with Crippen molar-refractivity contribution >= 4 is 0 Å². The Morgan fingerprint density at radius 3 is 0.967 bits per heavy atom. The molecule has 0 heterocycles. The first-order chi connectivity index (χ1) is 14.8. The molecule has 0 saturated heterocycles. The van der Waals surface area contributed by atoms with Crippen LogP contribution in [0.1, 0.15) is 142 Å². The van der Waals surface area contributed by atoms with Crippen molar-refractivity contribution in [2.75, 3.05) is 26.4 Å². The van der Waals surface area contributed by atoms with E-state index >= 15 is 0 Å². The summed E-state index contributed by atoms with van der Waals surface area (Å²) >= 11 is 0. The zero-order valence-electron chi connectivity index (χ0n) is 20.7. The highest BCUT2D eigenvalue weighted by molar-refractivity contribution is 4.49. The van der Waals surface area contributed by atoms with E-state index in [0.717, 1.165) is 13.2 Å². The molecular weight excluding hydrogens is 376 g/mol. The van der Waals surface area contributed by atoms with E-state index in [1.807, 2.05) is 0 Å². The molecular formula is C26H56O4. The van der Waals surface area contributed by atoms with Crippen LogP contribution in [0.2, 0.25) is 0 Å². The maximum absolute atomic E-state index is 7.78. The summed E-state index contributed by atoms with van der Waals surface area (Å²) in [6, 6.07) is 0. The minimum absolute atomic E-state index is 0. The Hall–Kier alpha value is -0.160. The minimum Gasteiger partial charge on any atom is -0.394 e. The fraction of sp³-hybridized carbons (Fsp3) is 1.00. The average molecular weight is 433 g/mol. The third-order valence-electron chi connectivity index (χ3n) is 5.47. The van der Waals surface area contributed by atoms with Crippen molar-refractivity contribution < 1.29 is 20.0 Å². The van der Waals surface area contributed by atoms with E-state index in [1.54, 1.807) is 0 Å². The maximum atomic E-state index is 7.78. The molecule has 0 aliphatic carbocycles. The van der Waals surface area contributed by atoms with Crippen LogP contribution in [-0.2, 0) is 9.62 Å². The van der Waals surface area contributed by atoms with E-state index in [0.29, 0.717) is 0 Å². The van der Waals surface area contributed by atoms with E-state index in [2.05, 4.69) is 18.7 Å². The summed E-state index contributed by atoms with van der Waals surface area (Å²) in [4.78, 5) is 3.44. The maximum Gasteiger partial charge on any atom is 0.105 e. The first kappa shape index (κ1) is 32.0. The zero-order chi connectivity index (χ0) is 22.4. The molecule has 0 radical (unpaired) electrons. The van der Waals surface area contributed by atoms with Gasteiger partial charge in [-0.25, -0.2) is 4.89 Å². The van der Waals surface area contributed by atoms with Crippen LogP contribution in [0.25, 0.3) is 0 Å². The topological polar surface area (TPSA) is 58.9 Å². The summed E-state index contributed by atoms with van der Waals surface area (Å²) in [5.41, 5.74) is 0. The zero-order valence-corrected chi connectivity index (χ0v) is 20.7. The van der Waals surface area contributed by atoms with Crippen molar-refractivity contribution in [3.63, 3.8) is 0 Å². The van der Waals surface area contributed by atoms with Gasteiger partial charge < -0.3 is 9.84 Å². The second-order valence-electron chi connectivity index (χ2n) is 8.53. The van der Waals surface area contributed by atoms with Gasteiger partial charge in [0.2, 0.25) is 0 Å². The molecule has 4 nitrogen and oxygen atoms in total. The van der Waals surface area contributed by atoms with Crippen LogP contribution >= 0.6 is 0 Å². The van der Waals surface area contributed by atoms with Gasteiger partial charge in [-0.15, -0.1) is 0 Å². The van der Waals surface area contributed by atoms with Crippen LogP contribution in [0.15, 0.2) is 0 Å². The van der Waals surface area contributed by atoms with Gasteiger partial charge in [-0.2, -0.15) is 0 Å². The van der Waals surface area contributed by atoms with Crippen molar-refractivity contribution in [3.8, 4) is 0 Å². The molecule has 0 atom stereocenters. The first-order valence-electron chi connectivity index (χ1n) is 13.3. The van der Waals surface area contributed by atoms with Gasteiger partial charge in [0.1, 0.15) is 6.61 Å². The number of unbranched alkanes of at least 4 members (excludes halogenated alkanes) is 18. The van der Waals surface area contributed by atoms with Gasteiger partial charge in [0.15, 0.2) is 0 Å². The van der Waals surface area contributed by atoms with Crippen LogP contribution in [0.4, 0.5) is 0 Å². The molecule has 0 rings (SSSR count). The molecule has 0 aromatic heterocycles. The summed E-state index contributed by atoms with van der Waals surface area (Å²) in [6.45, 7) is 6.44. The Kier molecular flexibility index (Phi) is 35.7. The molecule has 0 fully saturated rings. The van der Waals surface area contributed by atoms with Gasteiger partial charge >= 0.3 is 0 Å². The van der Waals surface area contributed by atoms with Gasteiger partial charge in [0.05, 0.1) is 6.61 Å². The molecule has 0 aliphatic rings.